The predicted molar refractivity (Wildman–Crippen MR) is 139 cm³/mol. The fourth-order valence-corrected chi connectivity index (χ4v) is 2.78. The van der Waals surface area contributed by atoms with Crippen molar-refractivity contribution in [1.82, 2.24) is 0 Å². The van der Waals surface area contributed by atoms with Gasteiger partial charge in [0.1, 0.15) is 11.4 Å². The Balaban J connectivity index is 0. The van der Waals surface area contributed by atoms with E-state index in [1.54, 1.807) is 43.1 Å². The Morgan fingerprint density at radius 3 is 2.44 bits per heavy atom. The molecule has 2 amide bonds. The first kappa shape index (κ1) is 31.2. The number of aliphatic imine (C=N–C) groups is 2. The summed E-state index contributed by atoms with van der Waals surface area (Å²) in [6.45, 7) is 7.54. The molecule has 1 aromatic carbocycles. The van der Waals surface area contributed by atoms with Crippen LogP contribution >= 0.6 is 11.8 Å². The van der Waals surface area contributed by atoms with Gasteiger partial charge in [0.2, 0.25) is 12.3 Å². The second-order valence-corrected chi connectivity index (χ2v) is 7.13. The lowest BCUT2D eigenvalue weighted by Gasteiger charge is -2.16. The molecule has 9 nitrogen and oxygen atoms in total. The molecule has 1 aromatic rings. The highest BCUT2D eigenvalue weighted by Crippen LogP contribution is 2.36. The van der Waals surface area contributed by atoms with Crippen LogP contribution in [0, 0.1) is 0 Å². The molecular formula is C22H38N6O3S. The van der Waals surface area contributed by atoms with Crippen LogP contribution < -0.4 is 27.3 Å². The van der Waals surface area contributed by atoms with Gasteiger partial charge in [-0.3, -0.25) is 19.6 Å². The number of nitrogens with one attached hydrogen (secondary N) is 1. The molecule has 0 atom stereocenters. The van der Waals surface area contributed by atoms with Gasteiger partial charge in [-0.25, -0.2) is 0 Å². The molecule has 0 spiro atoms. The van der Waals surface area contributed by atoms with Crippen molar-refractivity contribution in [2.24, 2.45) is 27.2 Å². The van der Waals surface area contributed by atoms with Gasteiger partial charge in [-0.15, -0.1) is 0 Å². The van der Waals surface area contributed by atoms with Gasteiger partial charge in [0.15, 0.2) is 0 Å². The molecule has 0 unspecified atom stereocenters. The normalized spacial score (nSPS) is 11.2. The van der Waals surface area contributed by atoms with Crippen molar-refractivity contribution in [3.63, 3.8) is 0 Å². The van der Waals surface area contributed by atoms with Crippen LogP contribution in [0.25, 0.3) is 0 Å². The lowest BCUT2D eigenvalue weighted by Crippen LogP contribution is -2.12. The van der Waals surface area contributed by atoms with Crippen LogP contribution in [0.2, 0.25) is 0 Å². The molecular weight excluding hydrogens is 428 g/mol. The lowest BCUT2D eigenvalue weighted by molar-refractivity contribution is -0.106. The van der Waals surface area contributed by atoms with E-state index in [1.165, 1.54) is 0 Å². The van der Waals surface area contributed by atoms with E-state index in [-0.39, 0.29) is 13.8 Å². The highest BCUT2D eigenvalue weighted by molar-refractivity contribution is 7.98. The van der Waals surface area contributed by atoms with Crippen LogP contribution in [-0.4, -0.2) is 55.9 Å². The Morgan fingerprint density at radius 1 is 1.28 bits per heavy atom. The van der Waals surface area contributed by atoms with Gasteiger partial charge in [0.25, 0.3) is 0 Å². The number of hydrogen-bond donors (Lipinski definition) is 4. The Kier molecular flexibility index (Phi) is 18.3. The molecule has 0 fully saturated rings. The third-order valence-electron chi connectivity index (χ3n) is 3.52. The minimum atomic E-state index is -0.534. The summed E-state index contributed by atoms with van der Waals surface area (Å²) in [5, 5.41) is 3.27. The Bertz CT molecular complexity index is 790. The number of hydrogen-bond acceptors (Lipinski definition) is 8. The van der Waals surface area contributed by atoms with Crippen LogP contribution in [0.3, 0.4) is 0 Å². The molecule has 0 saturated heterocycles. The third kappa shape index (κ3) is 12.6. The summed E-state index contributed by atoms with van der Waals surface area (Å²) in [6.07, 6.45) is 6.58. The lowest BCUT2D eigenvalue weighted by atomic mass is 10.1. The van der Waals surface area contributed by atoms with Crippen LogP contribution in [0.1, 0.15) is 45.0 Å². The van der Waals surface area contributed by atoms with E-state index in [0.29, 0.717) is 48.1 Å². The Labute approximate surface area is 196 Å². The zero-order valence-corrected chi connectivity index (χ0v) is 19.5. The number of amides is 2. The number of rotatable bonds is 12. The van der Waals surface area contributed by atoms with E-state index in [2.05, 4.69) is 27.3 Å². The molecule has 0 saturated carbocycles. The van der Waals surface area contributed by atoms with Crippen molar-refractivity contribution in [2.45, 2.75) is 34.6 Å². The SMILES string of the molecule is C.CCN=C(C=Nc1cc(C(N)=O)cc(OCCCSC)c1NCC)/C=C(/C)N.NC=O. The van der Waals surface area contributed by atoms with Gasteiger partial charge in [-0.05, 0) is 57.4 Å². The predicted octanol–water partition coefficient (Wildman–Crippen LogP) is 3.11. The van der Waals surface area contributed by atoms with Gasteiger partial charge in [0.05, 0.1) is 24.2 Å². The van der Waals surface area contributed by atoms with E-state index in [9.17, 15) is 4.79 Å². The highest BCUT2D eigenvalue weighted by atomic mass is 32.2. The van der Waals surface area contributed by atoms with Gasteiger partial charge in [-0.2, -0.15) is 11.8 Å². The first-order chi connectivity index (χ1) is 14.8. The zero-order valence-electron chi connectivity index (χ0n) is 18.7. The van der Waals surface area contributed by atoms with E-state index < -0.39 is 5.91 Å². The quantitative estimate of drug-likeness (QED) is 0.210. The molecule has 0 heterocycles. The molecule has 0 aromatic heterocycles. The maximum atomic E-state index is 11.8. The first-order valence-electron chi connectivity index (χ1n) is 9.85. The number of nitrogens with zero attached hydrogens (tertiary/aromatic N) is 2. The number of carbonyl (C=O) groups excluding carboxylic acids is 2. The number of primary amides is 2. The minimum absolute atomic E-state index is 0. The smallest absolute Gasteiger partial charge is 0.248 e. The fourth-order valence-electron chi connectivity index (χ4n) is 2.37. The maximum absolute atomic E-state index is 11.8. The van der Waals surface area contributed by atoms with Gasteiger partial charge >= 0.3 is 0 Å². The second kappa shape index (κ2) is 18.7. The number of ether oxygens (including phenoxy) is 1. The van der Waals surface area contributed by atoms with Gasteiger partial charge < -0.3 is 27.3 Å². The third-order valence-corrected chi connectivity index (χ3v) is 4.22. The van der Waals surface area contributed by atoms with Crippen LogP contribution in [0.15, 0.2) is 33.9 Å². The van der Waals surface area contributed by atoms with Crippen molar-refractivity contribution in [1.29, 1.82) is 0 Å². The Hall–Kier alpha value is -3.01. The summed E-state index contributed by atoms with van der Waals surface area (Å²) in [7, 11) is 0. The molecule has 0 radical (unpaired) electrons. The summed E-state index contributed by atoms with van der Waals surface area (Å²) >= 11 is 1.76. The summed E-state index contributed by atoms with van der Waals surface area (Å²) < 4.78 is 5.92. The molecule has 7 N–H and O–H groups in total. The van der Waals surface area contributed by atoms with E-state index in [1.807, 2.05) is 13.8 Å². The van der Waals surface area contributed by atoms with Crippen molar-refractivity contribution >= 4 is 47.4 Å². The molecule has 32 heavy (non-hydrogen) atoms. The average molecular weight is 467 g/mol. The van der Waals surface area contributed by atoms with E-state index in [4.69, 9.17) is 21.0 Å². The maximum Gasteiger partial charge on any atom is 0.248 e. The van der Waals surface area contributed by atoms with Crippen molar-refractivity contribution in [3.8, 4) is 5.75 Å². The largest absolute Gasteiger partial charge is 0.491 e. The van der Waals surface area contributed by atoms with Crippen molar-refractivity contribution in [3.05, 3.63) is 29.5 Å². The molecule has 1 rings (SSSR count). The summed E-state index contributed by atoms with van der Waals surface area (Å²) in [5.41, 5.74) is 18.3. The van der Waals surface area contributed by atoms with Crippen molar-refractivity contribution in [2.75, 3.05) is 37.0 Å². The minimum Gasteiger partial charge on any atom is -0.491 e. The molecule has 0 aliphatic rings. The second-order valence-electron chi connectivity index (χ2n) is 6.14. The standard InChI is InChI=1S/C20H31N5O2S.CH3NO.CH4/c1-5-23-16(10-14(3)21)13-25-17-11-15(20(22)26)12-18(19(17)24-6-2)27-8-7-9-28-4;2-1-3;/h10-13,24H,5-9,21H2,1-4H3,(H2,22,26);1H,(H2,2,3);1H4/b14-10-,23-16?,25-13?;;. The fraction of sp³-hybridized carbons (Fsp3) is 0.455. The number of nitrogens with two attached hydrogens (primary N) is 3. The summed E-state index contributed by atoms with van der Waals surface area (Å²) in [6, 6.07) is 3.30. The molecule has 0 aliphatic heterocycles. The van der Waals surface area contributed by atoms with E-state index >= 15 is 0 Å². The number of benzene rings is 1. The number of allylic oxidation sites excluding steroid dienone is 2. The molecule has 10 heteroatoms. The van der Waals surface area contributed by atoms with Crippen LogP contribution in [0.5, 0.6) is 5.75 Å². The number of anilines is 1. The first-order valence-corrected chi connectivity index (χ1v) is 11.2. The van der Waals surface area contributed by atoms with Gasteiger partial charge in [-0.1, -0.05) is 7.43 Å². The summed E-state index contributed by atoms with van der Waals surface area (Å²) in [5.74, 6) is 1.03. The summed E-state index contributed by atoms with van der Waals surface area (Å²) in [4.78, 5) is 29.3. The monoisotopic (exact) mass is 466 g/mol. The molecule has 0 bridgehead atoms. The number of carbonyl (C=O) groups is 2. The Morgan fingerprint density at radius 2 is 1.94 bits per heavy atom. The molecule has 180 valence electrons. The van der Waals surface area contributed by atoms with Crippen molar-refractivity contribution < 1.29 is 14.3 Å². The zero-order chi connectivity index (χ0) is 23.6. The topological polar surface area (TPSA) is 158 Å². The molecule has 0 aliphatic carbocycles. The highest BCUT2D eigenvalue weighted by Gasteiger charge is 2.14. The van der Waals surface area contributed by atoms with Crippen LogP contribution in [-0.2, 0) is 4.79 Å². The number of thioether (sulfide) groups is 1. The van der Waals surface area contributed by atoms with E-state index in [0.717, 1.165) is 17.9 Å². The van der Waals surface area contributed by atoms with Gasteiger partial charge in [0, 0.05) is 24.4 Å². The average Bonchev–Trinajstić information content (AvgIpc) is 2.71. The van der Waals surface area contributed by atoms with Crippen LogP contribution in [0.4, 0.5) is 11.4 Å².